The summed E-state index contributed by atoms with van der Waals surface area (Å²) < 4.78 is 5.93. The monoisotopic (exact) mass is 464 g/mol. The molecule has 0 unspecified atom stereocenters. The molecule has 3 nitrogen and oxygen atoms in total. The Morgan fingerprint density at radius 2 is 1.36 bits per heavy atom. The number of hydrogen-bond acceptors (Lipinski definition) is 3. The van der Waals surface area contributed by atoms with E-state index in [-0.39, 0.29) is 11.5 Å². The molecule has 3 aromatic rings. The van der Waals surface area contributed by atoms with Gasteiger partial charge in [-0.3, -0.25) is 0 Å². The molecular weight excluding hydrogens is 428 g/mol. The summed E-state index contributed by atoms with van der Waals surface area (Å²) >= 11 is 6.05. The van der Waals surface area contributed by atoms with Crippen molar-refractivity contribution in [1.82, 2.24) is 9.97 Å². The molecule has 3 rings (SSSR count). The van der Waals surface area contributed by atoms with Crippen molar-refractivity contribution < 1.29 is 4.74 Å². The number of alkyl halides is 1. The molecule has 0 aliphatic rings. The second-order valence-electron chi connectivity index (χ2n) is 8.98. The number of aryl methyl sites for hydroxylation is 1. The van der Waals surface area contributed by atoms with Crippen molar-refractivity contribution in [2.75, 3.05) is 0 Å². The highest BCUT2D eigenvalue weighted by molar-refractivity contribution is 6.20. The van der Waals surface area contributed by atoms with Gasteiger partial charge >= 0.3 is 0 Å². The van der Waals surface area contributed by atoms with Crippen LogP contribution in [0.1, 0.15) is 71.3 Å². The summed E-state index contributed by atoms with van der Waals surface area (Å²) in [6.07, 6.45) is 13.8. The number of rotatable bonds is 13. The lowest BCUT2D eigenvalue weighted by molar-refractivity contribution is 0.211. The Balaban J connectivity index is 1.53. The standard InChI is InChI=1S/C29H37ClN2O/c1-4-5-6-7-8-9-10-24-11-13-26(14-12-24)29-31-20-27(21-32-29)25-15-17-28(18-16-25)33-23(3)19-22(2)30/h11-18,20-23H,4-10,19H2,1-3H3/t22-,23-/m0/s1. The number of halogens is 1. The molecule has 33 heavy (non-hydrogen) atoms. The van der Waals surface area contributed by atoms with Gasteiger partial charge in [-0.2, -0.15) is 0 Å². The molecule has 0 spiro atoms. The van der Waals surface area contributed by atoms with Crippen LogP contribution in [0, 0.1) is 0 Å². The Morgan fingerprint density at radius 3 is 2.00 bits per heavy atom. The minimum absolute atomic E-state index is 0.0863. The van der Waals surface area contributed by atoms with E-state index in [0.29, 0.717) is 0 Å². The Morgan fingerprint density at radius 1 is 0.758 bits per heavy atom. The molecule has 1 heterocycles. The van der Waals surface area contributed by atoms with Crippen molar-refractivity contribution in [2.24, 2.45) is 0 Å². The molecule has 0 bridgehead atoms. The van der Waals surface area contributed by atoms with Crippen LogP contribution in [0.2, 0.25) is 0 Å². The second kappa shape index (κ2) is 13.3. The molecule has 0 saturated carbocycles. The number of ether oxygens (including phenoxy) is 1. The molecule has 0 saturated heterocycles. The van der Waals surface area contributed by atoms with E-state index in [0.717, 1.165) is 41.1 Å². The highest BCUT2D eigenvalue weighted by atomic mass is 35.5. The van der Waals surface area contributed by atoms with E-state index in [1.807, 2.05) is 50.5 Å². The van der Waals surface area contributed by atoms with Gasteiger partial charge in [-0.15, -0.1) is 11.6 Å². The fourth-order valence-corrected chi connectivity index (χ4v) is 4.27. The van der Waals surface area contributed by atoms with Crippen LogP contribution in [-0.4, -0.2) is 21.4 Å². The Bertz CT molecular complexity index is 937. The maximum atomic E-state index is 6.05. The van der Waals surface area contributed by atoms with Crippen LogP contribution >= 0.6 is 11.6 Å². The van der Waals surface area contributed by atoms with Crippen molar-refractivity contribution in [1.29, 1.82) is 0 Å². The highest BCUT2D eigenvalue weighted by Gasteiger charge is 2.09. The van der Waals surface area contributed by atoms with Crippen LogP contribution in [0.15, 0.2) is 60.9 Å². The van der Waals surface area contributed by atoms with Crippen LogP contribution in [0.3, 0.4) is 0 Å². The van der Waals surface area contributed by atoms with E-state index in [9.17, 15) is 0 Å². The van der Waals surface area contributed by atoms with Crippen molar-refractivity contribution >= 4 is 11.6 Å². The zero-order valence-corrected chi connectivity index (χ0v) is 21.0. The minimum Gasteiger partial charge on any atom is -0.491 e. The smallest absolute Gasteiger partial charge is 0.159 e. The predicted molar refractivity (Wildman–Crippen MR) is 140 cm³/mol. The normalized spacial score (nSPS) is 13.0. The fourth-order valence-electron chi connectivity index (χ4n) is 4.02. The lowest BCUT2D eigenvalue weighted by atomic mass is 10.0. The average Bonchev–Trinajstić information content (AvgIpc) is 2.82. The first-order valence-corrected chi connectivity index (χ1v) is 12.8. The van der Waals surface area contributed by atoms with Gasteiger partial charge in [0.15, 0.2) is 5.82 Å². The molecule has 0 N–H and O–H groups in total. The van der Waals surface area contributed by atoms with E-state index < -0.39 is 0 Å². The van der Waals surface area contributed by atoms with E-state index in [1.54, 1.807) is 0 Å². The summed E-state index contributed by atoms with van der Waals surface area (Å²) in [6.45, 7) is 6.29. The zero-order chi connectivity index (χ0) is 23.5. The van der Waals surface area contributed by atoms with Crippen LogP contribution < -0.4 is 4.74 Å². The molecular formula is C29H37ClN2O. The molecule has 0 amide bonds. The number of unbranched alkanes of at least 4 members (excludes halogenated alkanes) is 5. The van der Waals surface area contributed by atoms with Gasteiger partial charge in [-0.25, -0.2) is 9.97 Å². The Hall–Kier alpha value is -2.39. The lowest BCUT2D eigenvalue weighted by Gasteiger charge is -2.16. The molecule has 4 heteroatoms. The van der Waals surface area contributed by atoms with Crippen molar-refractivity contribution in [2.45, 2.75) is 83.6 Å². The fraction of sp³-hybridized carbons (Fsp3) is 0.448. The molecule has 0 aliphatic heterocycles. The van der Waals surface area contributed by atoms with Gasteiger partial charge < -0.3 is 4.74 Å². The van der Waals surface area contributed by atoms with Crippen LogP contribution in [0.4, 0.5) is 0 Å². The lowest BCUT2D eigenvalue weighted by Crippen LogP contribution is -2.15. The van der Waals surface area contributed by atoms with Gasteiger partial charge in [0.2, 0.25) is 0 Å². The van der Waals surface area contributed by atoms with E-state index in [2.05, 4.69) is 41.2 Å². The third-order valence-corrected chi connectivity index (χ3v) is 6.04. The SMILES string of the molecule is CCCCCCCCc1ccc(-c2ncc(-c3ccc(O[C@@H](C)C[C@H](C)Cl)cc3)cn2)cc1. The first-order valence-electron chi connectivity index (χ1n) is 12.4. The van der Waals surface area contributed by atoms with Crippen molar-refractivity contribution in [3.8, 4) is 28.3 Å². The van der Waals surface area contributed by atoms with E-state index in [1.165, 1.54) is 44.1 Å². The molecule has 1 aromatic heterocycles. The van der Waals surface area contributed by atoms with Crippen LogP contribution in [-0.2, 0) is 6.42 Å². The summed E-state index contributed by atoms with van der Waals surface area (Å²) in [6, 6.07) is 16.8. The van der Waals surface area contributed by atoms with E-state index in [4.69, 9.17) is 16.3 Å². The van der Waals surface area contributed by atoms with Gasteiger partial charge in [-0.1, -0.05) is 75.4 Å². The summed E-state index contributed by atoms with van der Waals surface area (Å²) in [7, 11) is 0. The summed E-state index contributed by atoms with van der Waals surface area (Å²) in [5.74, 6) is 1.61. The predicted octanol–water partition coefficient (Wildman–Crippen LogP) is 8.50. The Kier molecular flexibility index (Phi) is 10.2. The van der Waals surface area contributed by atoms with E-state index >= 15 is 0 Å². The van der Waals surface area contributed by atoms with Gasteiger partial charge in [0, 0.05) is 35.3 Å². The number of aromatic nitrogens is 2. The third kappa shape index (κ3) is 8.47. The van der Waals surface area contributed by atoms with Crippen molar-refractivity contribution in [3.05, 3.63) is 66.5 Å². The molecule has 2 aromatic carbocycles. The van der Waals surface area contributed by atoms with Gasteiger partial charge in [0.1, 0.15) is 5.75 Å². The number of benzene rings is 2. The molecule has 176 valence electrons. The average molecular weight is 465 g/mol. The second-order valence-corrected chi connectivity index (χ2v) is 9.72. The molecule has 0 fully saturated rings. The van der Waals surface area contributed by atoms with Crippen molar-refractivity contribution in [3.63, 3.8) is 0 Å². The number of hydrogen-bond donors (Lipinski definition) is 0. The maximum Gasteiger partial charge on any atom is 0.159 e. The topological polar surface area (TPSA) is 35.0 Å². The summed E-state index contributed by atoms with van der Waals surface area (Å²) in [4.78, 5) is 9.21. The summed E-state index contributed by atoms with van der Waals surface area (Å²) in [5, 5.41) is 0.103. The van der Waals surface area contributed by atoms with Gasteiger partial charge in [0.25, 0.3) is 0 Å². The van der Waals surface area contributed by atoms with Gasteiger partial charge in [0.05, 0.1) is 6.10 Å². The molecule has 2 atom stereocenters. The third-order valence-electron chi connectivity index (χ3n) is 5.86. The maximum absolute atomic E-state index is 6.05. The first kappa shape index (κ1) is 25.2. The highest BCUT2D eigenvalue weighted by Crippen LogP contribution is 2.24. The van der Waals surface area contributed by atoms with Gasteiger partial charge in [-0.05, 0) is 49.9 Å². The molecule has 0 aliphatic carbocycles. The summed E-state index contributed by atoms with van der Waals surface area (Å²) in [5.41, 5.74) is 4.51. The first-order chi connectivity index (χ1) is 16.0. The van der Waals surface area contributed by atoms with Crippen LogP contribution in [0.5, 0.6) is 5.75 Å². The largest absolute Gasteiger partial charge is 0.491 e. The van der Waals surface area contributed by atoms with Crippen LogP contribution in [0.25, 0.3) is 22.5 Å². The zero-order valence-electron chi connectivity index (χ0n) is 20.3. The quantitative estimate of drug-likeness (QED) is 0.188. The Labute approximate surface area is 204 Å². The number of nitrogens with zero attached hydrogens (tertiary/aromatic N) is 2. The minimum atomic E-state index is 0.0863. The molecule has 0 radical (unpaired) electrons.